The van der Waals surface area contributed by atoms with Gasteiger partial charge in [-0.1, -0.05) is 11.6 Å². The maximum absolute atomic E-state index is 11.6. The predicted molar refractivity (Wildman–Crippen MR) is 62.3 cm³/mol. The Morgan fingerprint density at radius 2 is 2.12 bits per heavy atom. The summed E-state index contributed by atoms with van der Waals surface area (Å²) in [6.45, 7) is -0.0968. The summed E-state index contributed by atoms with van der Waals surface area (Å²) < 4.78 is 0. The van der Waals surface area contributed by atoms with Gasteiger partial charge in [-0.25, -0.2) is 0 Å². The Labute approximate surface area is 98.0 Å². The molecule has 1 rings (SSSR count). The van der Waals surface area contributed by atoms with Crippen molar-refractivity contribution < 1.29 is 9.59 Å². The normalized spacial score (nSPS) is 9.62. The molecule has 5 nitrogen and oxygen atoms in total. The van der Waals surface area contributed by atoms with E-state index in [4.69, 9.17) is 17.3 Å². The predicted octanol–water partition coefficient (Wildman–Crippen LogP) is 0.398. The van der Waals surface area contributed by atoms with Gasteiger partial charge in [0, 0.05) is 12.7 Å². The van der Waals surface area contributed by atoms with Gasteiger partial charge in [0.2, 0.25) is 5.91 Å². The summed E-state index contributed by atoms with van der Waals surface area (Å²) in [5.74, 6) is -0.714. The summed E-state index contributed by atoms with van der Waals surface area (Å²) in [5.41, 5.74) is 6.22. The average Bonchev–Trinajstić information content (AvgIpc) is 2.28. The number of carbonyl (C=O) groups excluding carboxylic acids is 2. The zero-order valence-corrected chi connectivity index (χ0v) is 9.47. The summed E-state index contributed by atoms with van der Waals surface area (Å²) in [5, 5.41) is 5.11. The minimum absolute atomic E-state index is 0.0968. The van der Waals surface area contributed by atoms with Gasteiger partial charge in [0.05, 0.1) is 17.1 Å². The van der Waals surface area contributed by atoms with E-state index in [1.807, 2.05) is 0 Å². The second-order valence-electron chi connectivity index (χ2n) is 3.10. The van der Waals surface area contributed by atoms with E-state index in [0.717, 1.165) is 0 Å². The molecule has 0 saturated carbocycles. The minimum atomic E-state index is -0.430. The van der Waals surface area contributed by atoms with Crippen LogP contribution in [0.25, 0.3) is 0 Å². The Morgan fingerprint density at radius 3 is 2.75 bits per heavy atom. The highest BCUT2D eigenvalue weighted by molar-refractivity contribution is 6.34. The van der Waals surface area contributed by atoms with Gasteiger partial charge >= 0.3 is 0 Å². The number of amides is 2. The van der Waals surface area contributed by atoms with E-state index in [0.29, 0.717) is 10.7 Å². The summed E-state index contributed by atoms with van der Waals surface area (Å²) >= 11 is 5.82. The van der Waals surface area contributed by atoms with Crippen molar-refractivity contribution in [3.05, 3.63) is 28.8 Å². The van der Waals surface area contributed by atoms with Crippen molar-refractivity contribution in [1.82, 2.24) is 10.6 Å². The lowest BCUT2D eigenvalue weighted by atomic mass is 10.2. The van der Waals surface area contributed by atoms with Gasteiger partial charge in [0.1, 0.15) is 0 Å². The van der Waals surface area contributed by atoms with Crippen LogP contribution in [0.3, 0.4) is 0 Å². The lowest BCUT2D eigenvalue weighted by Crippen LogP contribution is -2.35. The van der Waals surface area contributed by atoms with Gasteiger partial charge in [-0.05, 0) is 18.2 Å². The number of nitrogens with one attached hydrogen (secondary N) is 2. The number of benzene rings is 1. The number of nitrogens with two attached hydrogens (primary N) is 1. The van der Waals surface area contributed by atoms with E-state index < -0.39 is 5.91 Å². The summed E-state index contributed by atoms with van der Waals surface area (Å²) in [7, 11) is 1.49. The highest BCUT2D eigenvalue weighted by Gasteiger charge is 2.11. The molecule has 0 spiro atoms. The van der Waals surface area contributed by atoms with Crippen LogP contribution in [0.4, 0.5) is 5.69 Å². The molecule has 16 heavy (non-hydrogen) atoms. The molecular formula is C10H12ClN3O2. The lowest BCUT2D eigenvalue weighted by Gasteiger charge is -2.06. The van der Waals surface area contributed by atoms with Crippen molar-refractivity contribution in [1.29, 1.82) is 0 Å². The molecule has 4 N–H and O–H groups in total. The fraction of sp³-hybridized carbons (Fsp3) is 0.200. The molecule has 0 radical (unpaired) electrons. The SMILES string of the molecule is CNC(=O)CNC(=O)c1cc(N)ccc1Cl. The molecule has 0 bridgehead atoms. The first-order valence-electron chi connectivity index (χ1n) is 4.58. The van der Waals surface area contributed by atoms with Crippen molar-refractivity contribution >= 4 is 29.1 Å². The first-order chi connectivity index (χ1) is 7.54. The number of likely N-dealkylation sites (N-methyl/N-ethyl adjacent to an activating group) is 1. The third kappa shape index (κ3) is 3.13. The average molecular weight is 242 g/mol. The van der Waals surface area contributed by atoms with Crippen molar-refractivity contribution in [2.45, 2.75) is 0 Å². The Balaban J connectivity index is 2.73. The topological polar surface area (TPSA) is 84.2 Å². The molecule has 0 atom stereocenters. The third-order valence-electron chi connectivity index (χ3n) is 1.92. The zero-order valence-electron chi connectivity index (χ0n) is 8.71. The van der Waals surface area contributed by atoms with Gasteiger partial charge in [-0.3, -0.25) is 9.59 Å². The minimum Gasteiger partial charge on any atom is -0.399 e. The van der Waals surface area contributed by atoms with Crippen LogP contribution in [0.5, 0.6) is 0 Å². The molecule has 0 unspecified atom stereocenters. The van der Waals surface area contributed by atoms with Crippen LogP contribution >= 0.6 is 11.6 Å². The Hall–Kier alpha value is -1.75. The standard InChI is InChI=1S/C10H12ClN3O2/c1-13-9(15)5-14-10(16)7-4-6(12)2-3-8(7)11/h2-4H,5,12H2,1H3,(H,13,15)(H,14,16). The molecule has 0 aliphatic rings. The molecule has 0 saturated heterocycles. The smallest absolute Gasteiger partial charge is 0.253 e. The number of halogens is 1. The summed E-state index contributed by atoms with van der Waals surface area (Å²) in [6, 6.07) is 4.59. The maximum Gasteiger partial charge on any atom is 0.253 e. The Morgan fingerprint density at radius 1 is 1.44 bits per heavy atom. The van der Waals surface area contributed by atoms with Crippen LogP contribution in [-0.4, -0.2) is 25.4 Å². The molecule has 6 heteroatoms. The monoisotopic (exact) mass is 241 g/mol. The number of hydrogen-bond acceptors (Lipinski definition) is 3. The number of carbonyl (C=O) groups is 2. The molecule has 0 fully saturated rings. The molecular weight excluding hydrogens is 230 g/mol. The van der Waals surface area contributed by atoms with Crippen molar-refractivity contribution in [3.8, 4) is 0 Å². The first-order valence-corrected chi connectivity index (χ1v) is 4.96. The number of anilines is 1. The Bertz CT molecular complexity index is 421. The van der Waals surface area contributed by atoms with Gasteiger partial charge < -0.3 is 16.4 Å². The largest absolute Gasteiger partial charge is 0.399 e. The van der Waals surface area contributed by atoms with Crippen LogP contribution < -0.4 is 16.4 Å². The fourth-order valence-electron chi connectivity index (χ4n) is 1.06. The van der Waals surface area contributed by atoms with Crippen LogP contribution in [0.2, 0.25) is 5.02 Å². The van der Waals surface area contributed by atoms with E-state index in [-0.39, 0.29) is 18.0 Å². The fourth-order valence-corrected chi connectivity index (χ4v) is 1.26. The van der Waals surface area contributed by atoms with E-state index in [9.17, 15) is 9.59 Å². The summed E-state index contributed by atoms with van der Waals surface area (Å²) in [6.07, 6.45) is 0. The molecule has 0 aliphatic heterocycles. The highest BCUT2D eigenvalue weighted by atomic mass is 35.5. The van der Waals surface area contributed by atoms with Crippen molar-refractivity contribution in [3.63, 3.8) is 0 Å². The second-order valence-corrected chi connectivity index (χ2v) is 3.50. The molecule has 2 amide bonds. The van der Waals surface area contributed by atoms with Crippen LogP contribution in [0, 0.1) is 0 Å². The highest BCUT2D eigenvalue weighted by Crippen LogP contribution is 2.18. The van der Waals surface area contributed by atoms with Gasteiger partial charge in [-0.15, -0.1) is 0 Å². The lowest BCUT2D eigenvalue weighted by molar-refractivity contribution is -0.119. The van der Waals surface area contributed by atoms with Gasteiger partial charge in [0.25, 0.3) is 5.91 Å². The van der Waals surface area contributed by atoms with Crippen LogP contribution in [-0.2, 0) is 4.79 Å². The van der Waals surface area contributed by atoms with E-state index >= 15 is 0 Å². The molecule has 86 valence electrons. The second kappa shape index (κ2) is 5.37. The quantitative estimate of drug-likeness (QED) is 0.670. The zero-order chi connectivity index (χ0) is 12.1. The van der Waals surface area contributed by atoms with Crippen LogP contribution in [0.15, 0.2) is 18.2 Å². The van der Waals surface area contributed by atoms with Crippen molar-refractivity contribution in [2.24, 2.45) is 0 Å². The molecule has 0 aliphatic carbocycles. The first kappa shape index (κ1) is 12.3. The molecule has 1 aromatic carbocycles. The Kier molecular flexibility index (Phi) is 4.13. The third-order valence-corrected chi connectivity index (χ3v) is 2.25. The van der Waals surface area contributed by atoms with E-state index in [1.54, 1.807) is 6.07 Å². The summed E-state index contributed by atoms with van der Waals surface area (Å²) in [4.78, 5) is 22.5. The number of hydrogen-bond donors (Lipinski definition) is 3. The van der Waals surface area contributed by atoms with Crippen molar-refractivity contribution in [2.75, 3.05) is 19.3 Å². The molecule has 1 aromatic rings. The molecule has 0 aromatic heterocycles. The van der Waals surface area contributed by atoms with Crippen LogP contribution in [0.1, 0.15) is 10.4 Å². The van der Waals surface area contributed by atoms with Gasteiger partial charge in [0.15, 0.2) is 0 Å². The van der Waals surface area contributed by atoms with E-state index in [2.05, 4.69) is 10.6 Å². The number of rotatable bonds is 3. The van der Waals surface area contributed by atoms with E-state index in [1.165, 1.54) is 19.2 Å². The number of nitrogen functional groups attached to an aromatic ring is 1. The molecule has 0 heterocycles. The van der Waals surface area contributed by atoms with Gasteiger partial charge in [-0.2, -0.15) is 0 Å². The maximum atomic E-state index is 11.6.